The zero-order chi connectivity index (χ0) is 21.7. The Hall–Kier alpha value is -2.57. The first kappa shape index (κ1) is 22.1. The van der Waals surface area contributed by atoms with Gasteiger partial charge in [-0.3, -0.25) is 4.79 Å². The number of hydrogen-bond donors (Lipinski definition) is 3. The first-order chi connectivity index (χ1) is 14.4. The SMILES string of the molecule is CNCc1ccc(COc2ccc3c(c2)N(C)[C@@H](C(C)C)C(=O)NC(CO)C3)cc1. The van der Waals surface area contributed by atoms with Crippen molar-refractivity contribution in [3.63, 3.8) is 0 Å². The molecule has 1 unspecified atom stereocenters. The highest BCUT2D eigenvalue weighted by molar-refractivity contribution is 5.86. The van der Waals surface area contributed by atoms with Gasteiger partial charge in [0.15, 0.2) is 0 Å². The Balaban J connectivity index is 1.81. The third-order valence-electron chi connectivity index (χ3n) is 5.60. The van der Waals surface area contributed by atoms with Crippen molar-refractivity contribution >= 4 is 11.6 Å². The molecule has 1 amide bonds. The number of nitrogens with one attached hydrogen (secondary N) is 2. The largest absolute Gasteiger partial charge is 0.489 e. The number of anilines is 1. The fourth-order valence-electron chi connectivity index (χ4n) is 4.05. The van der Waals surface area contributed by atoms with Gasteiger partial charge in [-0.1, -0.05) is 44.2 Å². The van der Waals surface area contributed by atoms with Gasteiger partial charge in [0, 0.05) is 25.3 Å². The number of hydrogen-bond acceptors (Lipinski definition) is 5. The Bertz CT molecular complexity index is 851. The van der Waals surface area contributed by atoms with Gasteiger partial charge in [-0.25, -0.2) is 0 Å². The maximum Gasteiger partial charge on any atom is 0.243 e. The van der Waals surface area contributed by atoms with Crippen molar-refractivity contribution in [1.29, 1.82) is 0 Å². The molecule has 2 atom stereocenters. The van der Waals surface area contributed by atoms with E-state index in [-0.39, 0.29) is 30.5 Å². The molecule has 0 aliphatic carbocycles. The number of nitrogens with zero attached hydrogens (tertiary/aromatic N) is 1. The van der Waals surface area contributed by atoms with Crippen LogP contribution in [-0.2, 0) is 24.4 Å². The predicted molar refractivity (Wildman–Crippen MR) is 120 cm³/mol. The Morgan fingerprint density at radius 3 is 2.53 bits per heavy atom. The number of benzene rings is 2. The highest BCUT2D eigenvalue weighted by Crippen LogP contribution is 2.31. The van der Waals surface area contributed by atoms with Gasteiger partial charge in [-0.05, 0) is 42.1 Å². The van der Waals surface area contributed by atoms with Crippen LogP contribution in [0.15, 0.2) is 42.5 Å². The molecule has 0 saturated carbocycles. The molecule has 6 nitrogen and oxygen atoms in total. The van der Waals surface area contributed by atoms with E-state index in [1.54, 1.807) is 0 Å². The quantitative estimate of drug-likeness (QED) is 0.653. The van der Waals surface area contributed by atoms with Crippen LogP contribution < -0.4 is 20.3 Å². The predicted octanol–water partition coefficient (Wildman–Crippen LogP) is 2.48. The average Bonchev–Trinajstić information content (AvgIpc) is 2.72. The topological polar surface area (TPSA) is 73.8 Å². The summed E-state index contributed by atoms with van der Waals surface area (Å²) >= 11 is 0. The summed E-state index contributed by atoms with van der Waals surface area (Å²) in [4.78, 5) is 14.8. The van der Waals surface area contributed by atoms with E-state index in [2.05, 4.69) is 34.9 Å². The summed E-state index contributed by atoms with van der Waals surface area (Å²) in [7, 11) is 3.89. The normalized spacial score (nSPS) is 19.1. The molecular weight excluding hydrogens is 378 g/mol. The maximum atomic E-state index is 12.8. The summed E-state index contributed by atoms with van der Waals surface area (Å²) in [6.07, 6.45) is 0.583. The molecular formula is C24H33N3O3. The lowest BCUT2D eigenvalue weighted by atomic mass is 9.95. The maximum absolute atomic E-state index is 12.8. The van der Waals surface area contributed by atoms with Gasteiger partial charge >= 0.3 is 0 Å². The van der Waals surface area contributed by atoms with E-state index in [1.807, 2.05) is 51.0 Å². The molecule has 6 heteroatoms. The summed E-state index contributed by atoms with van der Waals surface area (Å²) in [6, 6.07) is 13.8. The molecule has 0 fully saturated rings. The number of ether oxygens (including phenoxy) is 1. The van der Waals surface area contributed by atoms with Crippen LogP contribution in [0.4, 0.5) is 5.69 Å². The standard InChI is InChI=1S/C24H33N3O3/c1-16(2)23-24(29)26-20(14-28)11-19-9-10-21(12-22(19)27(23)4)30-15-18-7-5-17(6-8-18)13-25-3/h5-10,12,16,20,23,25,28H,11,13-15H2,1-4H3,(H,26,29)/t20?,23-/m0/s1. The first-order valence-corrected chi connectivity index (χ1v) is 10.5. The minimum Gasteiger partial charge on any atom is -0.489 e. The van der Waals surface area contributed by atoms with Crippen LogP contribution in [0.1, 0.15) is 30.5 Å². The summed E-state index contributed by atoms with van der Waals surface area (Å²) in [5, 5.41) is 15.8. The van der Waals surface area contributed by atoms with Crippen LogP contribution in [0.3, 0.4) is 0 Å². The smallest absolute Gasteiger partial charge is 0.243 e. The first-order valence-electron chi connectivity index (χ1n) is 10.5. The Kier molecular flexibility index (Phi) is 7.34. The van der Waals surface area contributed by atoms with E-state index in [0.29, 0.717) is 13.0 Å². The second-order valence-electron chi connectivity index (χ2n) is 8.32. The number of likely N-dealkylation sites (N-methyl/N-ethyl adjacent to an activating group) is 1. The van der Waals surface area contributed by atoms with Crippen molar-refractivity contribution in [3.05, 3.63) is 59.2 Å². The van der Waals surface area contributed by atoms with E-state index in [0.717, 1.165) is 29.1 Å². The van der Waals surface area contributed by atoms with Crippen LogP contribution in [0.5, 0.6) is 5.75 Å². The van der Waals surface area contributed by atoms with E-state index in [1.165, 1.54) is 5.56 Å². The lowest BCUT2D eigenvalue weighted by Crippen LogP contribution is -2.54. The molecule has 0 aromatic heterocycles. The van der Waals surface area contributed by atoms with Crippen molar-refractivity contribution in [1.82, 2.24) is 10.6 Å². The molecule has 1 heterocycles. The van der Waals surface area contributed by atoms with E-state index >= 15 is 0 Å². The molecule has 162 valence electrons. The molecule has 1 aliphatic heterocycles. The van der Waals surface area contributed by atoms with Crippen molar-refractivity contribution in [2.75, 3.05) is 25.6 Å². The van der Waals surface area contributed by atoms with Gasteiger partial charge < -0.3 is 25.4 Å². The van der Waals surface area contributed by atoms with Gasteiger partial charge in [0.25, 0.3) is 0 Å². The lowest BCUT2D eigenvalue weighted by Gasteiger charge is -2.37. The highest BCUT2D eigenvalue weighted by atomic mass is 16.5. The van der Waals surface area contributed by atoms with Crippen LogP contribution in [0.2, 0.25) is 0 Å². The Morgan fingerprint density at radius 1 is 1.20 bits per heavy atom. The van der Waals surface area contributed by atoms with Gasteiger partial charge in [0.1, 0.15) is 18.4 Å². The summed E-state index contributed by atoms with van der Waals surface area (Å²) < 4.78 is 6.06. The number of aliphatic hydroxyl groups is 1. The van der Waals surface area contributed by atoms with E-state index < -0.39 is 0 Å². The number of carbonyl (C=O) groups is 1. The van der Waals surface area contributed by atoms with E-state index in [4.69, 9.17) is 4.74 Å². The second-order valence-corrected chi connectivity index (χ2v) is 8.32. The fraction of sp³-hybridized carbons (Fsp3) is 0.458. The summed E-state index contributed by atoms with van der Waals surface area (Å²) in [5.74, 6) is 0.843. The molecule has 2 aromatic carbocycles. The molecule has 0 saturated heterocycles. The number of aliphatic hydroxyl groups excluding tert-OH is 1. The molecule has 1 aliphatic rings. The Morgan fingerprint density at radius 2 is 1.90 bits per heavy atom. The lowest BCUT2D eigenvalue weighted by molar-refractivity contribution is -0.124. The van der Waals surface area contributed by atoms with Crippen LogP contribution >= 0.6 is 0 Å². The van der Waals surface area contributed by atoms with Crippen molar-refractivity contribution in [2.24, 2.45) is 5.92 Å². The zero-order valence-electron chi connectivity index (χ0n) is 18.3. The monoisotopic (exact) mass is 411 g/mol. The Labute approximate surface area is 179 Å². The molecule has 30 heavy (non-hydrogen) atoms. The second kappa shape index (κ2) is 9.96. The van der Waals surface area contributed by atoms with Crippen molar-refractivity contribution in [3.8, 4) is 5.75 Å². The number of rotatable bonds is 7. The number of carbonyl (C=O) groups excluding carboxylic acids is 1. The fourth-order valence-corrected chi connectivity index (χ4v) is 4.05. The van der Waals surface area contributed by atoms with Crippen LogP contribution in [-0.4, -0.2) is 43.8 Å². The molecule has 2 aromatic rings. The van der Waals surface area contributed by atoms with Gasteiger partial charge in [0.05, 0.1) is 12.6 Å². The minimum absolute atomic E-state index is 0.0508. The van der Waals surface area contributed by atoms with Crippen molar-refractivity contribution in [2.45, 2.75) is 45.5 Å². The highest BCUT2D eigenvalue weighted by Gasteiger charge is 2.32. The van der Waals surface area contributed by atoms with Crippen LogP contribution in [0, 0.1) is 5.92 Å². The third-order valence-corrected chi connectivity index (χ3v) is 5.60. The van der Waals surface area contributed by atoms with Gasteiger partial charge in [-0.15, -0.1) is 0 Å². The molecule has 0 radical (unpaired) electrons. The third kappa shape index (κ3) is 5.12. The average molecular weight is 412 g/mol. The zero-order valence-corrected chi connectivity index (χ0v) is 18.3. The van der Waals surface area contributed by atoms with Crippen molar-refractivity contribution < 1.29 is 14.6 Å². The van der Waals surface area contributed by atoms with Crippen LogP contribution in [0.25, 0.3) is 0 Å². The summed E-state index contributed by atoms with van der Waals surface area (Å²) in [5.41, 5.74) is 4.41. The molecule has 0 bridgehead atoms. The van der Waals surface area contributed by atoms with Gasteiger partial charge in [-0.2, -0.15) is 0 Å². The number of fused-ring (bicyclic) bond motifs is 1. The molecule has 0 spiro atoms. The minimum atomic E-state index is -0.312. The molecule has 3 N–H and O–H groups in total. The summed E-state index contributed by atoms with van der Waals surface area (Å²) in [6.45, 7) is 5.32. The van der Waals surface area contributed by atoms with Gasteiger partial charge in [0.2, 0.25) is 5.91 Å². The number of amides is 1. The molecule has 3 rings (SSSR count). The van der Waals surface area contributed by atoms with E-state index in [9.17, 15) is 9.90 Å².